The second kappa shape index (κ2) is 5.66. The Labute approximate surface area is 106 Å². The van der Waals surface area contributed by atoms with Crippen LogP contribution in [0.1, 0.15) is 42.9 Å². The number of carboxylic acid groups (broad SMARTS) is 1. The fourth-order valence-corrected chi connectivity index (χ4v) is 1.62. The van der Waals surface area contributed by atoms with Gasteiger partial charge >= 0.3 is 5.97 Å². The third-order valence-corrected chi connectivity index (χ3v) is 2.70. The van der Waals surface area contributed by atoms with Gasteiger partial charge in [0, 0.05) is 13.6 Å². The number of aliphatic carboxylic acids is 1. The van der Waals surface area contributed by atoms with Crippen molar-refractivity contribution in [2.45, 2.75) is 26.7 Å². The summed E-state index contributed by atoms with van der Waals surface area (Å²) >= 11 is 0. The molecular weight excluding hydrogens is 234 g/mol. The molecular formula is C12H19N3O3. The SMILES string of the molecule is CCN(CC(=O)O)C(=O)c1cc(C(C)C)nn1C. The van der Waals surface area contributed by atoms with Crippen LogP contribution in [0, 0.1) is 0 Å². The molecule has 0 bridgehead atoms. The van der Waals surface area contributed by atoms with Crippen molar-refractivity contribution in [2.24, 2.45) is 7.05 Å². The number of amides is 1. The number of nitrogens with zero attached hydrogens (tertiary/aromatic N) is 3. The maximum atomic E-state index is 12.2. The molecule has 0 radical (unpaired) electrons. The van der Waals surface area contributed by atoms with E-state index in [0.29, 0.717) is 12.2 Å². The Morgan fingerprint density at radius 2 is 2.11 bits per heavy atom. The highest BCUT2D eigenvalue weighted by Gasteiger charge is 2.21. The number of hydrogen-bond acceptors (Lipinski definition) is 3. The summed E-state index contributed by atoms with van der Waals surface area (Å²) in [6.07, 6.45) is 0. The molecule has 1 N–H and O–H groups in total. The topological polar surface area (TPSA) is 75.4 Å². The van der Waals surface area contributed by atoms with Crippen molar-refractivity contribution < 1.29 is 14.7 Å². The fraction of sp³-hybridized carbons (Fsp3) is 0.583. The maximum Gasteiger partial charge on any atom is 0.323 e. The predicted octanol–water partition coefficient (Wildman–Crippen LogP) is 1.09. The molecule has 0 aromatic carbocycles. The number of hydrogen-bond donors (Lipinski definition) is 1. The minimum absolute atomic E-state index is 0.229. The number of carbonyl (C=O) groups is 2. The van der Waals surface area contributed by atoms with E-state index < -0.39 is 5.97 Å². The molecule has 1 amide bonds. The molecule has 0 aliphatic rings. The Kier molecular flexibility index (Phi) is 4.47. The number of likely N-dealkylation sites (N-methyl/N-ethyl adjacent to an activating group) is 1. The largest absolute Gasteiger partial charge is 0.480 e. The van der Waals surface area contributed by atoms with Gasteiger partial charge in [0.1, 0.15) is 12.2 Å². The van der Waals surface area contributed by atoms with Crippen molar-refractivity contribution in [3.63, 3.8) is 0 Å². The number of rotatable bonds is 5. The minimum Gasteiger partial charge on any atom is -0.480 e. The molecule has 0 saturated carbocycles. The number of carbonyl (C=O) groups excluding carboxylic acids is 1. The summed E-state index contributed by atoms with van der Waals surface area (Å²) in [5.74, 6) is -1.09. The van der Waals surface area contributed by atoms with Gasteiger partial charge in [0.2, 0.25) is 0 Å². The first-order valence-electron chi connectivity index (χ1n) is 5.91. The van der Waals surface area contributed by atoms with Crippen LogP contribution in [0.5, 0.6) is 0 Å². The standard InChI is InChI=1S/C12H19N3O3/c1-5-15(7-11(16)17)12(18)10-6-9(8(2)3)13-14(10)4/h6,8H,5,7H2,1-4H3,(H,16,17). The monoisotopic (exact) mass is 253 g/mol. The third-order valence-electron chi connectivity index (χ3n) is 2.70. The highest BCUT2D eigenvalue weighted by molar-refractivity contribution is 5.94. The molecule has 1 heterocycles. The Hall–Kier alpha value is -1.85. The molecule has 0 atom stereocenters. The summed E-state index contributed by atoms with van der Waals surface area (Å²) in [5, 5.41) is 13.0. The van der Waals surface area contributed by atoms with Gasteiger partial charge in [0.25, 0.3) is 5.91 Å². The van der Waals surface area contributed by atoms with E-state index in [1.807, 2.05) is 13.8 Å². The average molecular weight is 253 g/mol. The van der Waals surface area contributed by atoms with Gasteiger partial charge < -0.3 is 10.0 Å². The van der Waals surface area contributed by atoms with Crippen molar-refractivity contribution in [3.8, 4) is 0 Å². The van der Waals surface area contributed by atoms with Crippen LogP contribution in [0.25, 0.3) is 0 Å². The highest BCUT2D eigenvalue weighted by atomic mass is 16.4. The van der Waals surface area contributed by atoms with Crippen molar-refractivity contribution in [1.29, 1.82) is 0 Å². The second-order valence-electron chi connectivity index (χ2n) is 4.45. The Morgan fingerprint density at radius 3 is 2.50 bits per heavy atom. The van der Waals surface area contributed by atoms with Gasteiger partial charge in [-0.05, 0) is 18.9 Å². The Balaban J connectivity index is 2.98. The summed E-state index contributed by atoms with van der Waals surface area (Å²) in [6, 6.07) is 1.72. The quantitative estimate of drug-likeness (QED) is 0.852. The van der Waals surface area contributed by atoms with Crippen LogP contribution in [0.15, 0.2) is 6.07 Å². The van der Waals surface area contributed by atoms with Crippen LogP contribution in [-0.2, 0) is 11.8 Å². The summed E-state index contributed by atoms with van der Waals surface area (Å²) < 4.78 is 1.50. The van der Waals surface area contributed by atoms with Crippen molar-refractivity contribution in [1.82, 2.24) is 14.7 Å². The Morgan fingerprint density at radius 1 is 1.50 bits per heavy atom. The van der Waals surface area contributed by atoms with Crippen molar-refractivity contribution >= 4 is 11.9 Å². The zero-order valence-corrected chi connectivity index (χ0v) is 11.2. The van der Waals surface area contributed by atoms with Gasteiger partial charge in [-0.15, -0.1) is 0 Å². The molecule has 100 valence electrons. The highest BCUT2D eigenvalue weighted by Crippen LogP contribution is 2.15. The lowest BCUT2D eigenvalue weighted by Gasteiger charge is -2.18. The fourth-order valence-electron chi connectivity index (χ4n) is 1.62. The van der Waals surface area contributed by atoms with Crippen LogP contribution in [0.2, 0.25) is 0 Å². The second-order valence-corrected chi connectivity index (χ2v) is 4.45. The molecule has 1 aromatic rings. The summed E-state index contributed by atoms with van der Waals surface area (Å²) in [4.78, 5) is 24.1. The smallest absolute Gasteiger partial charge is 0.323 e. The molecule has 0 saturated heterocycles. The van der Waals surface area contributed by atoms with Crippen molar-refractivity contribution in [3.05, 3.63) is 17.5 Å². The van der Waals surface area contributed by atoms with Crippen molar-refractivity contribution in [2.75, 3.05) is 13.1 Å². The maximum absolute atomic E-state index is 12.2. The van der Waals surface area contributed by atoms with Gasteiger partial charge in [-0.1, -0.05) is 13.8 Å². The molecule has 0 unspecified atom stereocenters. The zero-order valence-electron chi connectivity index (χ0n) is 11.2. The van der Waals surface area contributed by atoms with E-state index in [0.717, 1.165) is 5.69 Å². The van der Waals surface area contributed by atoms with Crippen LogP contribution in [0.4, 0.5) is 0 Å². The summed E-state index contributed by atoms with van der Waals surface area (Å²) in [7, 11) is 1.69. The molecule has 0 spiro atoms. The Bertz CT molecular complexity index is 451. The lowest BCUT2D eigenvalue weighted by Crippen LogP contribution is -2.36. The first kappa shape index (κ1) is 14.2. The van der Waals surface area contributed by atoms with E-state index in [2.05, 4.69) is 5.10 Å². The molecule has 0 aliphatic carbocycles. The molecule has 0 aliphatic heterocycles. The van der Waals surface area contributed by atoms with E-state index in [9.17, 15) is 9.59 Å². The number of carboxylic acids is 1. The first-order valence-corrected chi connectivity index (χ1v) is 5.91. The molecule has 1 rings (SSSR count). The molecule has 0 fully saturated rings. The van der Waals surface area contributed by atoms with E-state index in [1.54, 1.807) is 20.0 Å². The van der Waals surface area contributed by atoms with Crippen LogP contribution in [-0.4, -0.2) is 44.8 Å². The lowest BCUT2D eigenvalue weighted by molar-refractivity contribution is -0.137. The van der Waals surface area contributed by atoms with E-state index >= 15 is 0 Å². The van der Waals surface area contributed by atoms with Gasteiger partial charge in [-0.25, -0.2) is 0 Å². The minimum atomic E-state index is -1.02. The zero-order chi connectivity index (χ0) is 13.9. The molecule has 18 heavy (non-hydrogen) atoms. The number of aryl methyl sites for hydroxylation is 1. The lowest BCUT2D eigenvalue weighted by atomic mass is 10.1. The van der Waals surface area contributed by atoms with Crippen LogP contribution < -0.4 is 0 Å². The first-order chi connectivity index (χ1) is 8.36. The average Bonchev–Trinajstić information content (AvgIpc) is 2.67. The molecule has 6 heteroatoms. The predicted molar refractivity (Wildman–Crippen MR) is 66.5 cm³/mol. The van der Waals surface area contributed by atoms with Crippen LogP contribution >= 0.6 is 0 Å². The van der Waals surface area contributed by atoms with Gasteiger partial charge in [-0.2, -0.15) is 5.10 Å². The summed E-state index contributed by atoms with van der Waals surface area (Å²) in [6.45, 7) is 5.79. The normalized spacial score (nSPS) is 10.7. The number of aromatic nitrogens is 2. The van der Waals surface area contributed by atoms with Crippen LogP contribution in [0.3, 0.4) is 0 Å². The molecule has 6 nitrogen and oxygen atoms in total. The van der Waals surface area contributed by atoms with E-state index in [-0.39, 0.29) is 18.4 Å². The van der Waals surface area contributed by atoms with Gasteiger partial charge in [-0.3, -0.25) is 14.3 Å². The van der Waals surface area contributed by atoms with Gasteiger partial charge in [0.15, 0.2) is 0 Å². The summed E-state index contributed by atoms with van der Waals surface area (Å²) in [5.41, 5.74) is 1.24. The van der Waals surface area contributed by atoms with E-state index in [1.165, 1.54) is 9.58 Å². The molecule has 1 aromatic heterocycles. The van der Waals surface area contributed by atoms with Gasteiger partial charge in [0.05, 0.1) is 5.69 Å². The third kappa shape index (κ3) is 3.09. The van der Waals surface area contributed by atoms with E-state index in [4.69, 9.17) is 5.11 Å².